The van der Waals surface area contributed by atoms with Gasteiger partial charge in [-0.3, -0.25) is 0 Å². The largest absolute Gasteiger partial charge is 0.398 e. The Labute approximate surface area is 102 Å². The molecule has 0 bridgehead atoms. The summed E-state index contributed by atoms with van der Waals surface area (Å²) >= 11 is 0. The number of hydrogen-bond donors (Lipinski definition) is 2. The number of anilines is 2. The summed E-state index contributed by atoms with van der Waals surface area (Å²) in [6, 6.07) is 14.9. The third-order valence-electron chi connectivity index (χ3n) is 2.73. The summed E-state index contributed by atoms with van der Waals surface area (Å²) < 4.78 is 11.5. The Hall–Kier alpha value is -1.86. The lowest BCUT2D eigenvalue weighted by molar-refractivity contribution is 0.595. The summed E-state index contributed by atoms with van der Waals surface area (Å²) in [5, 5.41) is 0. The summed E-state index contributed by atoms with van der Waals surface area (Å²) in [7, 11) is -0.513. The summed E-state index contributed by atoms with van der Waals surface area (Å²) in [5.41, 5.74) is 14.6. The first kappa shape index (κ1) is 11.6. The lowest BCUT2D eigenvalue weighted by atomic mass is 10.0. The average molecular weight is 245 g/mol. The third-order valence-corrected chi connectivity index (χ3v) is 3.59. The Morgan fingerprint density at radius 2 is 1.24 bits per heavy atom. The summed E-state index contributed by atoms with van der Waals surface area (Å²) in [6.07, 6.45) is 0. The molecule has 1 atom stereocenters. The van der Waals surface area contributed by atoms with Crippen molar-refractivity contribution in [2.45, 2.75) is 5.66 Å². The van der Waals surface area contributed by atoms with Crippen LogP contribution >= 0.6 is 8.46 Å². The highest BCUT2D eigenvalue weighted by Gasteiger charge is 2.25. The molecular formula is C13H14N2OP+. The minimum absolute atomic E-state index is 0.252. The molecule has 17 heavy (non-hydrogen) atoms. The van der Waals surface area contributed by atoms with Crippen molar-refractivity contribution >= 4 is 19.8 Å². The molecule has 0 heterocycles. The second-order valence-electron chi connectivity index (χ2n) is 3.81. The fourth-order valence-electron chi connectivity index (χ4n) is 1.84. The Balaban J connectivity index is 2.52. The normalized spacial score (nSPS) is 10.9. The van der Waals surface area contributed by atoms with Crippen LogP contribution in [0.5, 0.6) is 0 Å². The molecule has 2 aromatic rings. The molecular weight excluding hydrogens is 231 g/mol. The van der Waals surface area contributed by atoms with Crippen molar-refractivity contribution in [3.05, 3.63) is 59.7 Å². The van der Waals surface area contributed by atoms with Crippen molar-refractivity contribution in [1.82, 2.24) is 0 Å². The summed E-state index contributed by atoms with van der Waals surface area (Å²) in [6.45, 7) is 0. The molecule has 0 aliphatic heterocycles. The number of para-hydroxylation sites is 2. The second-order valence-corrected chi connectivity index (χ2v) is 4.62. The highest BCUT2D eigenvalue weighted by molar-refractivity contribution is 7.24. The number of rotatable bonds is 3. The van der Waals surface area contributed by atoms with Gasteiger partial charge in [-0.2, -0.15) is 0 Å². The highest BCUT2D eigenvalue weighted by atomic mass is 31.1. The minimum Gasteiger partial charge on any atom is -0.398 e. The molecule has 86 valence electrons. The molecule has 0 saturated carbocycles. The maximum atomic E-state index is 11.5. The van der Waals surface area contributed by atoms with Crippen molar-refractivity contribution in [1.29, 1.82) is 0 Å². The standard InChI is InChI=1S/C13H13N2OP/c14-11-7-3-1-5-9(11)13(17-16)10-6-2-4-8-12(10)15/h1-8,13H,14-15H2/p+1. The van der Waals surface area contributed by atoms with Gasteiger partial charge >= 0.3 is 8.46 Å². The van der Waals surface area contributed by atoms with E-state index in [1.165, 1.54) is 0 Å². The predicted molar refractivity (Wildman–Crippen MR) is 72.6 cm³/mol. The average Bonchev–Trinajstić information content (AvgIpc) is 2.34. The van der Waals surface area contributed by atoms with Crippen molar-refractivity contribution in [2.24, 2.45) is 0 Å². The van der Waals surface area contributed by atoms with Crippen LogP contribution < -0.4 is 11.5 Å². The molecule has 1 unspecified atom stereocenters. The first-order valence-electron chi connectivity index (χ1n) is 5.30. The van der Waals surface area contributed by atoms with Crippen LogP contribution in [-0.4, -0.2) is 0 Å². The van der Waals surface area contributed by atoms with E-state index in [4.69, 9.17) is 11.5 Å². The van der Waals surface area contributed by atoms with Gasteiger partial charge in [-0.1, -0.05) is 41.0 Å². The predicted octanol–water partition coefficient (Wildman–Crippen LogP) is 2.96. The lowest BCUT2D eigenvalue weighted by Crippen LogP contribution is -2.02. The SMILES string of the molecule is Nc1ccccc1C([PH+]=O)c1ccccc1N. The topological polar surface area (TPSA) is 69.1 Å². The molecule has 0 fully saturated rings. The molecule has 4 heteroatoms. The fraction of sp³-hybridized carbons (Fsp3) is 0.0769. The van der Waals surface area contributed by atoms with E-state index in [9.17, 15) is 4.57 Å². The van der Waals surface area contributed by atoms with E-state index in [1.807, 2.05) is 48.5 Å². The number of benzene rings is 2. The number of nitrogens with two attached hydrogens (primary N) is 2. The van der Waals surface area contributed by atoms with Crippen molar-refractivity contribution in [3.8, 4) is 0 Å². The fourth-order valence-corrected chi connectivity index (χ4v) is 2.62. The van der Waals surface area contributed by atoms with Crippen molar-refractivity contribution in [3.63, 3.8) is 0 Å². The Morgan fingerprint density at radius 1 is 0.824 bits per heavy atom. The first-order chi connectivity index (χ1) is 8.24. The smallest absolute Gasteiger partial charge is 0.337 e. The van der Waals surface area contributed by atoms with Gasteiger partial charge in [-0.15, -0.1) is 0 Å². The van der Waals surface area contributed by atoms with Gasteiger partial charge in [0.1, 0.15) is 0 Å². The summed E-state index contributed by atoms with van der Waals surface area (Å²) in [4.78, 5) is 0. The molecule has 2 aromatic carbocycles. The zero-order chi connectivity index (χ0) is 12.3. The Kier molecular flexibility index (Phi) is 3.40. The molecule has 3 nitrogen and oxygen atoms in total. The Bertz CT molecular complexity index is 497. The van der Waals surface area contributed by atoms with E-state index in [1.54, 1.807) is 0 Å². The van der Waals surface area contributed by atoms with Gasteiger partial charge in [0.15, 0.2) is 0 Å². The minimum atomic E-state index is -0.513. The van der Waals surface area contributed by atoms with Crippen LogP contribution in [0.4, 0.5) is 11.4 Å². The molecule has 0 amide bonds. The van der Waals surface area contributed by atoms with Crippen LogP contribution in [0.25, 0.3) is 0 Å². The first-order valence-corrected chi connectivity index (χ1v) is 6.29. The zero-order valence-electron chi connectivity index (χ0n) is 9.26. The zero-order valence-corrected chi connectivity index (χ0v) is 10.3. The molecule has 0 spiro atoms. The number of nitrogen functional groups attached to an aromatic ring is 2. The monoisotopic (exact) mass is 245 g/mol. The van der Waals surface area contributed by atoms with Crippen LogP contribution in [-0.2, 0) is 4.57 Å². The van der Waals surface area contributed by atoms with Gasteiger partial charge in [0.2, 0.25) is 5.66 Å². The van der Waals surface area contributed by atoms with E-state index in [-0.39, 0.29) is 5.66 Å². The van der Waals surface area contributed by atoms with Gasteiger partial charge in [0.25, 0.3) is 0 Å². The number of hydrogen-bond acceptors (Lipinski definition) is 3. The van der Waals surface area contributed by atoms with Crippen molar-refractivity contribution in [2.75, 3.05) is 11.5 Å². The van der Waals surface area contributed by atoms with E-state index in [2.05, 4.69) is 0 Å². The second kappa shape index (κ2) is 4.98. The van der Waals surface area contributed by atoms with Gasteiger partial charge in [-0.25, -0.2) is 0 Å². The Morgan fingerprint density at radius 3 is 1.59 bits per heavy atom. The van der Waals surface area contributed by atoms with Gasteiger partial charge in [0.05, 0.1) is 0 Å². The van der Waals surface area contributed by atoms with Crippen LogP contribution in [0.3, 0.4) is 0 Å². The molecule has 0 aliphatic carbocycles. The van der Waals surface area contributed by atoms with Crippen LogP contribution in [0.1, 0.15) is 16.8 Å². The third kappa shape index (κ3) is 2.29. The van der Waals surface area contributed by atoms with Gasteiger partial charge < -0.3 is 11.5 Å². The maximum Gasteiger partial charge on any atom is 0.337 e. The van der Waals surface area contributed by atoms with Crippen LogP contribution in [0, 0.1) is 0 Å². The van der Waals surface area contributed by atoms with Crippen molar-refractivity contribution < 1.29 is 4.57 Å². The quantitative estimate of drug-likeness (QED) is 0.645. The van der Waals surface area contributed by atoms with E-state index < -0.39 is 8.46 Å². The highest BCUT2D eigenvalue weighted by Crippen LogP contribution is 2.39. The van der Waals surface area contributed by atoms with E-state index >= 15 is 0 Å². The molecule has 2 rings (SSSR count). The van der Waals surface area contributed by atoms with Gasteiger partial charge in [-0.05, 0) is 12.1 Å². The van der Waals surface area contributed by atoms with E-state index in [0.717, 1.165) is 11.1 Å². The van der Waals surface area contributed by atoms with E-state index in [0.29, 0.717) is 11.4 Å². The van der Waals surface area contributed by atoms with Gasteiger partial charge in [0, 0.05) is 22.5 Å². The molecule has 0 radical (unpaired) electrons. The van der Waals surface area contributed by atoms with Crippen LogP contribution in [0.2, 0.25) is 0 Å². The molecule has 0 aromatic heterocycles. The summed E-state index contributed by atoms with van der Waals surface area (Å²) in [5.74, 6) is 0. The molecule has 0 aliphatic rings. The lowest BCUT2D eigenvalue weighted by Gasteiger charge is -2.10. The molecule has 0 saturated heterocycles. The molecule has 4 N–H and O–H groups in total. The van der Waals surface area contributed by atoms with Crippen LogP contribution in [0.15, 0.2) is 48.5 Å². The maximum absolute atomic E-state index is 11.5.